The molecule has 1 aromatic rings. The third kappa shape index (κ3) is 3.08. The van der Waals surface area contributed by atoms with E-state index in [2.05, 4.69) is 19.9 Å². The van der Waals surface area contributed by atoms with Gasteiger partial charge in [-0.15, -0.1) is 0 Å². The molecule has 2 nitrogen and oxygen atoms in total. The van der Waals surface area contributed by atoms with Crippen LogP contribution in [0.15, 0.2) is 35.9 Å². The number of amides is 1. The van der Waals surface area contributed by atoms with Crippen LogP contribution in [-0.2, 0) is 16.4 Å². The molecular weight excluding hydrogens is 315 g/mol. The third-order valence-electron chi connectivity index (χ3n) is 5.17. The Labute approximate surface area is 140 Å². The van der Waals surface area contributed by atoms with E-state index in [1.54, 1.807) is 11.0 Å². The Morgan fingerprint density at radius 3 is 2.46 bits per heavy atom. The molecule has 3 rings (SSSR count). The van der Waals surface area contributed by atoms with Gasteiger partial charge in [0.05, 0.1) is 11.0 Å². The number of rotatable bonds is 3. The van der Waals surface area contributed by atoms with Crippen molar-refractivity contribution in [3.05, 3.63) is 47.0 Å². The molecule has 130 valence electrons. The number of nitrogens with zero attached hydrogens (tertiary/aromatic N) is 1. The minimum atomic E-state index is -4.38. The van der Waals surface area contributed by atoms with Crippen molar-refractivity contribution in [2.75, 3.05) is 13.1 Å². The van der Waals surface area contributed by atoms with E-state index in [1.807, 2.05) is 0 Å². The number of halogens is 3. The second-order valence-electron chi connectivity index (χ2n) is 7.10. The van der Waals surface area contributed by atoms with Gasteiger partial charge in [-0.2, -0.15) is 13.2 Å². The summed E-state index contributed by atoms with van der Waals surface area (Å²) in [5.41, 5.74) is 0.424. The maximum atomic E-state index is 12.9. The van der Waals surface area contributed by atoms with Crippen LogP contribution in [-0.4, -0.2) is 23.9 Å². The van der Waals surface area contributed by atoms with Crippen molar-refractivity contribution in [2.24, 2.45) is 5.92 Å². The summed E-state index contributed by atoms with van der Waals surface area (Å²) in [7, 11) is 0. The number of benzene rings is 1. The zero-order valence-electron chi connectivity index (χ0n) is 14.0. The topological polar surface area (TPSA) is 20.3 Å². The Hall–Kier alpha value is -1.78. The zero-order chi connectivity index (χ0) is 17.5. The van der Waals surface area contributed by atoms with Gasteiger partial charge in [0.2, 0.25) is 5.91 Å². The molecule has 0 spiro atoms. The molecule has 1 aliphatic carbocycles. The van der Waals surface area contributed by atoms with Gasteiger partial charge < -0.3 is 4.90 Å². The van der Waals surface area contributed by atoms with Gasteiger partial charge in [0.1, 0.15) is 0 Å². The number of hydrogen-bond donors (Lipinski definition) is 0. The first kappa shape index (κ1) is 17.1. The van der Waals surface area contributed by atoms with E-state index in [0.717, 1.165) is 18.6 Å². The molecule has 1 heterocycles. The predicted molar refractivity (Wildman–Crippen MR) is 86.5 cm³/mol. The van der Waals surface area contributed by atoms with E-state index >= 15 is 0 Å². The van der Waals surface area contributed by atoms with Crippen molar-refractivity contribution in [2.45, 2.75) is 44.7 Å². The van der Waals surface area contributed by atoms with Gasteiger partial charge in [0.25, 0.3) is 0 Å². The van der Waals surface area contributed by atoms with E-state index < -0.39 is 17.2 Å². The highest BCUT2D eigenvalue weighted by Gasteiger charge is 2.53. The molecule has 1 fully saturated rings. The molecule has 0 radical (unpaired) electrons. The molecule has 0 bridgehead atoms. The van der Waals surface area contributed by atoms with Crippen LogP contribution >= 0.6 is 0 Å². The molecule has 0 unspecified atom stereocenters. The fourth-order valence-electron chi connectivity index (χ4n) is 3.44. The van der Waals surface area contributed by atoms with Crippen molar-refractivity contribution in [1.82, 2.24) is 4.90 Å². The normalized spacial score (nSPS) is 20.1. The summed E-state index contributed by atoms with van der Waals surface area (Å²) in [5, 5.41) is 0. The number of alkyl halides is 3. The van der Waals surface area contributed by atoms with Crippen LogP contribution in [0.1, 0.15) is 44.2 Å². The highest BCUT2D eigenvalue weighted by molar-refractivity contribution is 5.91. The average Bonchev–Trinajstić information content (AvgIpc) is 3.35. The van der Waals surface area contributed by atoms with Gasteiger partial charge >= 0.3 is 6.18 Å². The van der Waals surface area contributed by atoms with Gasteiger partial charge in [-0.1, -0.05) is 43.7 Å². The van der Waals surface area contributed by atoms with E-state index in [9.17, 15) is 18.0 Å². The first-order valence-electron chi connectivity index (χ1n) is 8.40. The molecule has 0 aromatic heterocycles. The second kappa shape index (κ2) is 5.94. The van der Waals surface area contributed by atoms with E-state index in [-0.39, 0.29) is 5.91 Å². The van der Waals surface area contributed by atoms with Gasteiger partial charge in [-0.3, -0.25) is 4.79 Å². The molecular formula is C19H22F3NO. The zero-order valence-corrected chi connectivity index (χ0v) is 14.0. The van der Waals surface area contributed by atoms with Crippen LogP contribution in [0.2, 0.25) is 0 Å². The Balaban J connectivity index is 1.81. The van der Waals surface area contributed by atoms with E-state index in [0.29, 0.717) is 37.4 Å². The predicted octanol–water partition coefficient (Wildman–Crippen LogP) is 4.55. The number of hydrogen-bond acceptors (Lipinski definition) is 1. The van der Waals surface area contributed by atoms with Crippen LogP contribution in [0.3, 0.4) is 0 Å². The summed E-state index contributed by atoms with van der Waals surface area (Å²) in [4.78, 5) is 14.7. The number of carbonyl (C=O) groups excluding carboxylic acids is 1. The second-order valence-corrected chi connectivity index (χ2v) is 7.10. The lowest BCUT2D eigenvalue weighted by atomic mass is 9.91. The Kier molecular flexibility index (Phi) is 4.22. The smallest absolute Gasteiger partial charge is 0.338 e. The van der Waals surface area contributed by atoms with Crippen molar-refractivity contribution < 1.29 is 18.0 Å². The minimum Gasteiger partial charge on any atom is -0.338 e. The summed E-state index contributed by atoms with van der Waals surface area (Å²) in [6, 6.07) is 5.25. The van der Waals surface area contributed by atoms with Crippen molar-refractivity contribution >= 4 is 5.91 Å². The molecule has 0 atom stereocenters. The molecule has 24 heavy (non-hydrogen) atoms. The summed E-state index contributed by atoms with van der Waals surface area (Å²) < 4.78 is 38.8. The summed E-state index contributed by atoms with van der Waals surface area (Å²) >= 11 is 0. The molecule has 1 aliphatic heterocycles. The van der Waals surface area contributed by atoms with Crippen molar-refractivity contribution in [3.63, 3.8) is 0 Å². The Bertz CT molecular complexity index is 671. The van der Waals surface area contributed by atoms with Crippen LogP contribution < -0.4 is 0 Å². The summed E-state index contributed by atoms with van der Waals surface area (Å²) in [5.74, 6) is 0.446. The van der Waals surface area contributed by atoms with E-state index in [1.165, 1.54) is 11.6 Å². The van der Waals surface area contributed by atoms with Crippen LogP contribution in [0.4, 0.5) is 13.2 Å². The van der Waals surface area contributed by atoms with Crippen LogP contribution in [0.25, 0.3) is 0 Å². The fraction of sp³-hybridized carbons (Fsp3) is 0.526. The standard InChI is InChI=1S/C19H22F3NO/c1-13(2)14-6-10-23(11-7-14)17(24)18(8-9-18)15-4-3-5-16(12-15)19(20,21)22/h3-6,12-13H,7-11H2,1-2H3. The maximum Gasteiger partial charge on any atom is 0.416 e. The first-order chi connectivity index (χ1) is 11.2. The van der Waals surface area contributed by atoms with Gasteiger partial charge in [-0.25, -0.2) is 0 Å². The largest absolute Gasteiger partial charge is 0.416 e. The monoisotopic (exact) mass is 337 g/mol. The van der Waals surface area contributed by atoms with Crippen LogP contribution in [0, 0.1) is 5.92 Å². The lowest BCUT2D eigenvalue weighted by molar-refractivity contribution is -0.138. The van der Waals surface area contributed by atoms with Gasteiger partial charge in [0, 0.05) is 13.1 Å². The highest BCUT2D eigenvalue weighted by atomic mass is 19.4. The molecule has 1 amide bonds. The molecule has 2 aliphatic rings. The Morgan fingerprint density at radius 1 is 1.25 bits per heavy atom. The van der Waals surface area contributed by atoms with Crippen LogP contribution in [0.5, 0.6) is 0 Å². The molecule has 1 aromatic carbocycles. The maximum absolute atomic E-state index is 12.9. The quantitative estimate of drug-likeness (QED) is 0.741. The molecule has 0 N–H and O–H groups in total. The minimum absolute atomic E-state index is 0.0270. The van der Waals surface area contributed by atoms with Gasteiger partial charge in [0.15, 0.2) is 0 Å². The third-order valence-corrected chi connectivity index (χ3v) is 5.17. The SMILES string of the molecule is CC(C)C1=CCN(C(=O)C2(c3cccc(C(F)(F)F)c3)CC2)CC1. The lowest BCUT2D eigenvalue weighted by Gasteiger charge is -2.31. The Morgan fingerprint density at radius 2 is 1.96 bits per heavy atom. The molecule has 1 saturated carbocycles. The summed E-state index contributed by atoms with van der Waals surface area (Å²) in [6.45, 7) is 5.49. The lowest BCUT2D eigenvalue weighted by Crippen LogP contribution is -2.42. The average molecular weight is 337 g/mol. The molecule has 0 saturated heterocycles. The molecule has 5 heteroatoms. The fourth-order valence-corrected chi connectivity index (χ4v) is 3.44. The number of carbonyl (C=O) groups is 1. The van der Waals surface area contributed by atoms with E-state index in [4.69, 9.17) is 0 Å². The van der Waals surface area contributed by atoms with Crippen molar-refractivity contribution in [1.29, 1.82) is 0 Å². The van der Waals surface area contributed by atoms with Gasteiger partial charge in [-0.05, 0) is 36.8 Å². The van der Waals surface area contributed by atoms with Crippen molar-refractivity contribution in [3.8, 4) is 0 Å². The highest BCUT2D eigenvalue weighted by Crippen LogP contribution is 2.50. The summed E-state index contributed by atoms with van der Waals surface area (Å²) in [6.07, 6.45) is -0.180. The first-order valence-corrected chi connectivity index (χ1v) is 8.40.